The number of ether oxygens (including phenoxy) is 1. The maximum atomic E-state index is 12.4. The summed E-state index contributed by atoms with van der Waals surface area (Å²) in [6.45, 7) is 4.89. The lowest BCUT2D eigenvalue weighted by molar-refractivity contribution is -0.118. The molecule has 0 bridgehead atoms. The van der Waals surface area contributed by atoms with Crippen molar-refractivity contribution in [3.63, 3.8) is 0 Å². The van der Waals surface area contributed by atoms with Gasteiger partial charge in [0.25, 0.3) is 0 Å². The molecule has 0 saturated carbocycles. The Morgan fingerprint density at radius 3 is 2.52 bits per heavy atom. The number of benzene rings is 2. The van der Waals surface area contributed by atoms with Crippen LogP contribution in [0.2, 0.25) is 0 Å². The predicted octanol–water partition coefficient (Wildman–Crippen LogP) is 4.05. The molecule has 0 radical (unpaired) electrons. The highest BCUT2D eigenvalue weighted by atomic mass is 32.2. The van der Waals surface area contributed by atoms with E-state index in [0.29, 0.717) is 12.3 Å². The Balaban J connectivity index is 1.58. The molecule has 144 valence electrons. The van der Waals surface area contributed by atoms with Gasteiger partial charge in [-0.15, -0.1) is 11.8 Å². The molecule has 5 heteroatoms. The lowest BCUT2D eigenvalue weighted by Gasteiger charge is -2.28. The Kier molecular flexibility index (Phi) is 7.18. The average Bonchev–Trinajstić information content (AvgIpc) is 3.22. The van der Waals surface area contributed by atoms with Gasteiger partial charge in [0.05, 0.1) is 18.9 Å². The Morgan fingerprint density at radius 1 is 1.15 bits per heavy atom. The maximum Gasteiger partial charge on any atom is 0.230 e. The molecular formula is C22H28N2O2S. The van der Waals surface area contributed by atoms with Gasteiger partial charge in [-0.05, 0) is 62.2 Å². The van der Waals surface area contributed by atoms with Gasteiger partial charge < -0.3 is 10.1 Å². The summed E-state index contributed by atoms with van der Waals surface area (Å²) in [5.41, 5.74) is 2.44. The molecule has 0 spiro atoms. The smallest absolute Gasteiger partial charge is 0.230 e. The minimum Gasteiger partial charge on any atom is -0.497 e. The summed E-state index contributed by atoms with van der Waals surface area (Å²) in [5.74, 6) is 1.39. The van der Waals surface area contributed by atoms with Gasteiger partial charge in [0.1, 0.15) is 5.75 Å². The number of aryl methyl sites for hydroxylation is 1. The first-order valence-corrected chi connectivity index (χ1v) is 10.5. The van der Waals surface area contributed by atoms with E-state index in [1.165, 1.54) is 28.9 Å². The molecule has 1 saturated heterocycles. The third kappa shape index (κ3) is 5.50. The van der Waals surface area contributed by atoms with Crippen LogP contribution in [0.3, 0.4) is 0 Å². The highest BCUT2D eigenvalue weighted by molar-refractivity contribution is 8.00. The van der Waals surface area contributed by atoms with Gasteiger partial charge in [-0.25, -0.2) is 0 Å². The molecule has 2 aromatic carbocycles. The molecule has 1 amide bonds. The van der Waals surface area contributed by atoms with Crippen molar-refractivity contribution < 1.29 is 9.53 Å². The van der Waals surface area contributed by atoms with E-state index in [4.69, 9.17) is 4.74 Å². The SMILES string of the molecule is COc1ccc(C(CNC(=O)CSc2ccccc2C)N2CCCC2)cc1. The van der Waals surface area contributed by atoms with Gasteiger partial charge in [0.15, 0.2) is 0 Å². The monoisotopic (exact) mass is 384 g/mol. The van der Waals surface area contributed by atoms with E-state index < -0.39 is 0 Å². The van der Waals surface area contributed by atoms with Crippen molar-refractivity contribution in [1.29, 1.82) is 0 Å². The normalized spacial score (nSPS) is 15.5. The minimum atomic E-state index is 0.0842. The predicted molar refractivity (Wildman–Crippen MR) is 111 cm³/mol. The number of rotatable bonds is 8. The fourth-order valence-electron chi connectivity index (χ4n) is 3.46. The van der Waals surface area contributed by atoms with E-state index in [1.807, 2.05) is 24.3 Å². The molecule has 3 rings (SSSR count). The van der Waals surface area contributed by atoms with Gasteiger partial charge in [-0.2, -0.15) is 0 Å². The van der Waals surface area contributed by atoms with Crippen molar-refractivity contribution >= 4 is 17.7 Å². The van der Waals surface area contributed by atoms with Crippen LogP contribution < -0.4 is 10.1 Å². The van der Waals surface area contributed by atoms with E-state index in [1.54, 1.807) is 18.9 Å². The van der Waals surface area contributed by atoms with Crippen LogP contribution in [-0.4, -0.2) is 43.3 Å². The van der Waals surface area contributed by atoms with Crippen molar-refractivity contribution in [1.82, 2.24) is 10.2 Å². The molecule has 1 atom stereocenters. The lowest BCUT2D eigenvalue weighted by atomic mass is 10.1. The van der Waals surface area contributed by atoms with Crippen LogP contribution in [0, 0.1) is 6.92 Å². The molecule has 4 nitrogen and oxygen atoms in total. The number of hydrogen-bond acceptors (Lipinski definition) is 4. The largest absolute Gasteiger partial charge is 0.497 e. The summed E-state index contributed by atoms with van der Waals surface area (Å²) < 4.78 is 5.27. The van der Waals surface area contributed by atoms with Crippen molar-refractivity contribution in [2.24, 2.45) is 0 Å². The number of carbonyl (C=O) groups is 1. The summed E-state index contributed by atoms with van der Waals surface area (Å²) in [5, 5.41) is 3.14. The molecule has 27 heavy (non-hydrogen) atoms. The second-order valence-corrected chi connectivity index (χ2v) is 7.91. The Morgan fingerprint density at radius 2 is 1.85 bits per heavy atom. The molecule has 1 fully saturated rings. The Labute approximate surface area is 166 Å². The fraction of sp³-hybridized carbons (Fsp3) is 0.409. The highest BCUT2D eigenvalue weighted by Crippen LogP contribution is 2.26. The number of likely N-dealkylation sites (tertiary alicyclic amines) is 1. The highest BCUT2D eigenvalue weighted by Gasteiger charge is 2.24. The van der Waals surface area contributed by atoms with Crippen molar-refractivity contribution in [2.45, 2.75) is 30.7 Å². The van der Waals surface area contributed by atoms with E-state index in [2.05, 4.69) is 41.4 Å². The first-order valence-electron chi connectivity index (χ1n) is 9.50. The van der Waals surface area contributed by atoms with Gasteiger partial charge in [0.2, 0.25) is 5.91 Å². The number of nitrogens with zero attached hydrogens (tertiary/aromatic N) is 1. The molecule has 0 aliphatic carbocycles. The Hall–Kier alpha value is -1.98. The van der Waals surface area contributed by atoms with Gasteiger partial charge in [-0.3, -0.25) is 9.69 Å². The van der Waals surface area contributed by atoms with Crippen LogP contribution in [0.15, 0.2) is 53.4 Å². The third-order valence-electron chi connectivity index (χ3n) is 5.03. The van der Waals surface area contributed by atoms with Crippen LogP contribution in [-0.2, 0) is 4.79 Å². The number of nitrogens with one attached hydrogen (secondary N) is 1. The van der Waals surface area contributed by atoms with Gasteiger partial charge >= 0.3 is 0 Å². The molecular weight excluding hydrogens is 356 g/mol. The fourth-order valence-corrected chi connectivity index (χ4v) is 4.32. The van der Waals surface area contributed by atoms with Crippen molar-refractivity contribution in [2.75, 3.05) is 32.5 Å². The summed E-state index contributed by atoms with van der Waals surface area (Å²) >= 11 is 1.60. The minimum absolute atomic E-state index is 0.0842. The van der Waals surface area contributed by atoms with Crippen molar-refractivity contribution in [3.05, 3.63) is 59.7 Å². The molecule has 1 aliphatic heterocycles. The van der Waals surface area contributed by atoms with E-state index >= 15 is 0 Å². The zero-order valence-electron chi connectivity index (χ0n) is 16.1. The maximum absolute atomic E-state index is 12.4. The molecule has 1 aliphatic rings. The van der Waals surface area contributed by atoms with Crippen LogP contribution >= 0.6 is 11.8 Å². The van der Waals surface area contributed by atoms with E-state index in [0.717, 1.165) is 18.8 Å². The summed E-state index contributed by atoms with van der Waals surface area (Å²) in [4.78, 5) is 16.0. The zero-order valence-corrected chi connectivity index (χ0v) is 16.9. The van der Waals surface area contributed by atoms with Crippen molar-refractivity contribution in [3.8, 4) is 5.75 Å². The van der Waals surface area contributed by atoms with Gasteiger partial charge in [0, 0.05) is 11.4 Å². The molecule has 1 unspecified atom stereocenters. The molecule has 1 heterocycles. The number of thioether (sulfide) groups is 1. The molecule has 1 N–H and O–H groups in total. The summed E-state index contributed by atoms with van der Waals surface area (Å²) in [6.07, 6.45) is 2.45. The van der Waals surface area contributed by atoms with Gasteiger partial charge in [-0.1, -0.05) is 30.3 Å². The van der Waals surface area contributed by atoms with Crippen LogP contribution in [0.4, 0.5) is 0 Å². The van der Waals surface area contributed by atoms with E-state index in [-0.39, 0.29) is 11.9 Å². The second-order valence-electron chi connectivity index (χ2n) is 6.89. The first-order chi connectivity index (χ1) is 13.2. The number of hydrogen-bond donors (Lipinski definition) is 1. The molecule has 0 aromatic heterocycles. The molecule has 2 aromatic rings. The Bertz CT molecular complexity index is 742. The standard InChI is InChI=1S/C22H28N2O2S/c1-17-7-3-4-8-21(17)27-16-22(25)23-15-20(24-13-5-6-14-24)18-9-11-19(26-2)12-10-18/h3-4,7-12,20H,5-6,13-16H2,1-2H3,(H,23,25). The average molecular weight is 385 g/mol. The number of carbonyl (C=O) groups excluding carboxylic acids is 1. The zero-order chi connectivity index (χ0) is 19.1. The summed E-state index contributed by atoms with van der Waals surface area (Å²) in [7, 11) is 1.68. The van der Waals surface area contributed by atoms with E-state index in [9.17, 15) is 4.79 Å². The number of methoxy groups -OCH3 is 1. The van der Waals surface area contributed by atoms with Crippen LogP contribution in [0.25, 0.3) is 0 Å². The third-order valence-corrected chi connectivity index (χ3v) is 6.20. The summed E-state index contributed by atoms with van der Waals surface area (Å²) in [6, 6.07) is 16.6. The van der Waals surface area contributed by atoms with Crippen LogP contribution in [0.5, 0.6) is 5.75 Å². The lowest BCUT2D eigenvalue weighted by Crippen LogP contribution is -2.37. The van der Waals surface area contributed by atoms with Crippen LogP contribution in [0.1, 0.15) is 30.0 Å². The second kappa shape index (κ2) is 9.81. The quantitative estimate of drug-likeness (QED) is 0.697. The first kappa shape index (κ1) is 19.8. The number of amides is 1. The topological polar surface area (TPSA) is 41.6 Å².